The van der Waals surface area contributed by atoms with E-state index >= 15 is 0 Å². The zero-order valence-corrected chi connectivity index (χ0v) is 10.6. The number of aliphatic hydroxyl groups is 3. The first-order chi connectivity index (χ1) is 9.93. The molecule has 2 rings (SSSR count). The minimum Gasteiger partial charge on any atom is -0.394 e. The Morgan fingerprint density at radius 1 is 1.57 bits per heavy atom. The van der Waals surface area contributed by atoms with E-state index < -0.39 is 48.7 Å². The quantitative estimate of drug-likeness (QED) is 0.424. The number of H-pyrrole nitrogens is 1. The van der Waals surface area contributed by atoms with Crippen molar-refractivity contribution in [2.24, 2.45) is 0 Å². The second-order valence-corrected chi connectivity index (χ2v) is 4.30. The summed E-state index contributed by atoms with van der Waals surface area (Å²) in [6.45, 7) is -1.76. The maximum Gasteiger partial charge on any atom is 0.350 e. The Balaban J connectivity index is 2.53. The molecule has 1 aromatic rings. The lowest BCUT2D eigenvalue weighted by atomic mass is 9.94. The summed E-state index contributed by atoms with van der Waals surface area (Å²) in [5.41, 5.74) is -4.22. The number of hydrogen-bond donors (Lipinski definition) is 4. The van der Waals surface area contributed by atoms with E-state index in [-0.39, 0.29) is 0 Å². The molecule has 10 heteroatoms. The van der Waals surface area contributed by atoms with Gasteiger partial charge in [0.05, 0.1) is 6.61 Å². The molecule has 2 heterocycles. The smallest absolute Gasteiger partial charge is 0.350 e. The third-order valence-electron chi connectivity index (χ3n) is 3.02. The van der Waals surface area contributed by atoms with E-state index in [1.54, 1.807) is 0 Å². The number of hydrogen-bond acceptors (Lipinski definition) is 7. The van der Waals surface area contributed by atoms with E-state index in [4.69, 9.17) is 9.84 Å². The van der Waals surface area contributed by atoms with Gasteiger partial charge in [-0.05, 0) is 0 Å². The first kappa shape index (κ1) is 15.3. The predicted molar refractivity (Wildman–Crippen MR) is 64.8 cm³/mol. The Morgan fingerprint density at radius 2 is 2.29 bits per heavy atom. The minimum absolute atomic E-state index is 0.664. The second kappa shape index (κ2) is 5.74. The standard InChI is InChI=1S/C11H12FN3O6/c12-3-1-2-11(20)7(17)6(4-16)21-8(11)15-5-13-9(18)14-10(15)19/h5-8,16-17,20H,3-4H2,(H,14,18,19)/t6-,7?,8-,11-/m1/s1. The molecule has 0 saturated carbocycles. The topological polar surface area (TPSA) is 138 Å². The van der Waals surface area contributed by atoms with Crippen molar-refractivity contribution in [3.8, 4) is 11.8 Å². The van der Waals surface area contributed by atoms with Crippen molar-refractivity contribution in [1.82, 2.24) is 14.5 Å². The molecule has 4 N–H and O–H groups in total. The van der Waals surface area contributed by atoms with Crippen LogP contribution in [0.2, 0.25) is 0 Å². The van der Waals surface area contributed by atoms with Gasteiger partial charge in [-0.1, -0.05) is 11.8 Å². The van der Waals surface area contributed by atoms with E-state index in [2.05, 4.69) is 10.9 Å². The van der Waals surface area contributed by atoms with Gasteiger partial charge >= 0.3 is 11.4 Å². The number of aromatic amines is 1. The summed E-state index contributed by atoms with van der Waals surface area (Å²) in [4.78, 5) is 27.8. The zero-order chi connectivity index (χ0) is 15.6. The van der Waals surface area contributed by atoms with Crippen LogP contribution in [0.4, 0.5) is 4.39 Å². The van der Waals surface area contributed by atoms with Crippen LogP contribution >= 0.6 is 0 Å². The summed E-state index contributed by atoms with van der Waals surface area (Å²) in [7, 11) is 0. The third-order valence-corrected chi connectivity index (χ3v) is 3.02. The number of rotatable bonds is 2. The molecule has 1 fully saturated rings. The van der Waals surface area contributed by atoms with Crippen LogP contribution in [0.5, 0.6) is 0 Å². The van der Waals surface area contributed by atoms with Crippen LogP contribution in [0.15, 0.2) is 15.9 Å². The van der Waals surface area contributed by atoms with Gasteiger partial charge in [0.1, 0.15) is 25.2 Å². The maximum atomic E-state index is 12.2. The lowest BCUT2D eigenvalue weighted by Gasteiger charge is -2.26. The van der Waals surface area contributed by atoms with Crippen molar-refractivity contribution < 1.29 is 24.4 Å². The highest BCUT2D eigenvalue weighted by Crippen LogP contribution is 2.37. The summed E-state index contributed by atoms with van der Waals surface area (Å²) in [6, 6.07) is 0. The molecular weight excluding hydrogens is 289 g/mol. The van der Waals surface area contributed by atoms with E-state index in [0.29, 0.717) is 4.57 Å². The van der Waals surface area contributed by atoms with Crippen LogP contribution in [-0.2, 0) is 4.74 Å². The van der Waals surface area contributed by atoms with Crippen LogP contribution in [0, 0.1) is 11.8 Å². The molecule has 4 atom stereocenters. The molecule has 0 bridgehead atoms. The summed E-state index contributed by atoms with van der Waals surface area (Å²) < 4.78 is 18.1. The number of aromatic nitrogens is 3. The highest BCUT2D eigenvalue weighted by atomic mass is 19.1. The Labute approximate surface area is 116 Å². The molecule has 1 saturated heterocycles. The number of nitrogens with one attached hydrogen (secondary N) is 1. The van der Waals surface area contributed by atoms with Crippen molar-refractivity contribution in [2.75, 3.05) is 13.3 Å². The molecule has 0 radical (unpaired) electrons. The third kappa shape index (κ3) is 2.59. The Morgan fingerprint density at radius 3 is 2.86 bits per heavy atom. The molecule has 1 aliphatic heterocycles. The molecule has 21 heavy (non-hydrogen) atoms. The molecule has 1 aromatic heterocycles. The number of nitrogens with zero attached hydrogens (tertiary/aromatic N) is 2. The molecular formula is C11H12FN3O6. The van der Waals surface area contributed by atoms with E-state index in [0.717, 1.165) is 6.33 Å². The van der Waals surface area contributed by atoms with Crippen molar-refractivity contribution in [3.63, 3.8) is 0 Å². The summed E-state index contributed by atoms with van der Waals surface area (Å²) in [6.07, 6.45) is -3.71. The monoisotopic (exact) mass is 301 g/mol. The van der Waals surface area contributed by atoms with E-state index in [9.17, 15) is 24.2 Å². The maximum absolute atomic E-state index is 12.2. The fourth-order valence-electron chi connectivity index (χ4n) is 2.03. The van der Waals surface area contributed by atoms with Gasteiger partial charge in [-0.3, -0.25) is 9.55 Å². The van der Waals surface area contributed by atoms with Crippen LogP contribution in [-0.4, -0.2) is 60.9 Å². The van der Waals surface area contributed by atoms with Gasteiger partial charge in [-0.25, -0.2) is 14.0 Å². The zero-order valence-electron chi connectivity index (χ0n) is 10.6. The lowest BCUT2D eigenvalue weighted by Crippen LogP contribution is -2.48. The number of ether oxygens (including phenoxy) is 1. The fourth-order valence-corrected chi connectivity index (χ4v) is 2.03. The molecule has 0 aromatic carbocycles. The molecule has 114 valence electrons. The Kier molecular flexibility index (Phi) is 4.19. The summed E-state index contributed by atoms with van der Waals surface area (Å²) >= 11 is 0. The van der Waals surface area contributed by atoms with E-state index in [1.807, 2.05) is 10.9 Å². The van der Waals surface area contributed by atoms with Crippen molar-refractivity contribution in [3.05, 3.63) is 27.3 Å². The van der Waals surface area contributed by atoms with Crippen molar-refractivity contribution in [2.45, 2.75) is 24.0 Å². The number of halogens is 1. The molecule has 0 amide bonds. The van der Waals surface area contributed by atoms with E-state index in [1.165, 1.54) is 0 Å². The lowest BCUT2D eigenvalue weighted by molar-refractivity contribution is -0.0771. The number of aliphatic hydroxyl groups excluding tert-OH is 2. The Hall–Kier alpha value is -2.06. The molecule has 0 aliphatic carbocycles. The van der Waals surface area contributed by atoms with Crippen molar-refractivity contribution >= 4 is 0 Å². The van der Waals surface area contributed by atoms with Gasteiger partial charge < -0.3 is 20.1 Å². The normalized spacial score (nSPS) is 31.7. The first-order valence-corrected chi connectivity index (χ1v) is 5.84. The van der Waals surface area contributed by atoms with Gasteiger partial charge in [-0.15, -0.1) is 0 Å². The average molecular weight is 301 g/mol. The van der Waals surface area contributed by atoms with Crippen LogP contribution in [0.25, 0.3) is 0 Å². The van der Waals surface area contributed by atoms with Gasteiger partial charge in [0.25, 0.3) is 0 Å². The molecule has 9 nitrogen and oxygen atoms in total. The molecule has 0 spiro atoms. The summed E-state index contributed by atoms with van der Waals surface area (Å²) in [5.74, 6) is 4.02. The van der Waals surface area contributed by atoms with Gasteiger partial charge in [0, 0.05) is 0 Å². The van der Waals surface area contributed by atoms with Gasteiger partial charge in [0.15, 0.2) is 11.8 Å². The van der Waals surface area contributed by atoms with Gasteiger partial charge in [-0.2, -0.15) is 4.98 Å². The fraction of sp³-hybridized carbons (Fsp3) is 0.545. The van der Waals surface area contributed by atoms with Crippen molar-refractivity contribution in [1.29, 1.82) is 0 Å². The van der Waals surface area contributed by atoms with Crippen LogP contribution in [0.3, 0.4) is 0 Å². The minimum atomic E-state index is -2.34. The molecule has 1 unspecified atom stereocenters. The second-order valence-electron chi connectivity index (χ2n) is 4.30. The highest BCUT2D eigenvalue weighted by Gasteiger charge is 2.55. The SMILES string of the molecule is O=c1ncn([C@@H]2O[C@H](CO)C(O)[C@]2(O)C#CCF)c(=O)[nH]1. The highest BCUT2D eigenvalue weighted by molar-refractivity contribution is 5.22. The Bertz CT molecular complexity index is 691. The predicted octanol–water partition coefficient (Wildman–Crippen LogP) is -3.11. The van der Waals surface area contributed by atoms with Gasteiger partial charge in [0.2, 0.25) is 0 Å². The number of alkyl halides is 1. The van der Waals surface area contributed by atoms with Crippen LogP contribution in [0.1, 0.15) is 6.23 Å². The molecule has 1 aliphatic rings. The van der Waals surface area contributed by atoms with Crippen LogP contribution < -0.4 is 11.4 Å². The average Bonchev–Trinajstić information content (AvgIpc) is 2.70. The largest absolute Gasteiger partial charge is 0.394 e. The summed E-state index contributed by atoms with van der Waals surface area (Å²) in [5, 5.41) is 29.4. The first-order valence-electron chi connectivity index (χ1n) is 5.84.